The van der Waals surface area contributed by atoms with Gasteiger partial charge in [-0.05, 0) is 41.8 Å². The zero-order valence-electron chi connectivity index (χ0n) is 10.9. The van der Waals surface area contributed by atoms with Gasteiger partial charge < -0.3 is 5.32 Å². The molecule has 0 saturated heterocycles. The Balaban J connectivity index is 2.18. The molecule has 17 heavy (non-hydrogen) atoms. The second-order valence-electron chi connectivity index (χ2n) is 5.13. The molecule has 1 N–H and O–H groups in total. The normalized spacial score (nSPS) is 13.2. The van der Waals surface area contributed by atoms with E-state index in [1.54, 1.807) is 0 Å². The van der Waals surface area contributed by atoms with Crippen LogP contribution >= 0.6 is 0 Å². The Labute approximate surface area is 104 Å². The molecule has 0 aromatic heterocycles. The molecule has 0 heterocycles. The lowest BCUT2D eigenvalue weighted by molar-refractivity contribution is 0.496. The van der Waals surface area contributed by atoms with Gasteiger partial charge in [-0.3, -0.25) is 0 Å². The van der Waals surface area contributed by atoms with Gasteiger partial charge in [-0.25, -0.2) is 0 Å². The number of hydrogen-bond donors (Lipinski definition) is 1. The van der Waals surface area contributed by atoms with Crippen LogP contribution in [0.15, 0.2) is 42.5 Å². The van der Waals surface area contributed by atoms with Crippen molar-refractivity contribution < 1.29 is 0 Å². The van der Waals surface area contributed by atoms with Crippen molar-refractivity contribution in [2.75, 3.05) is 6.54 Å². The molecule has 0 saturated carbocycles. The summed E-state index contributed by atoms with van der Waals surface area (Å²) in [5, 5.41) is 6.20. The van der Waals surface area contributed by atoms with Gasteiger partial charge in [-0.1, -0.05) is 50.2 Å². The highest BCUT2D eigenvalue weighted by atomic mass is 14.9. The van der Waals surface area contributed by atoms with Crippen molar-refractivity contribution in [3.8, 4) is 0 Å². The van der Waals surface area contributed by atoms with Gasteiger partial charge >= 0.3 is 0 Å². The second-order valence-corrected chi connectivity index (χ2v) is 5.13. The van der Waals surface area contributed by atoms with Crippen molar-refractivity contribution in [1.29, 1.82) is 0 Å². The molecule has 1 heteroatoms. The van der Waals surface area contributed by atoms with E-state index in [0.29, 0.717) is 12.0 Å². The lowest BCUT2D eigenvalue weighted by Gasteiger charge is -2.16. The molecular weight excluding hydrogens is 206 g/mol. The van der Waals surface area contributed by atoms with Crippen LogP contribution in [-0.2, 0) is 0 Å². The molecule has 0 aliphatic heterocycles. The lowest BCUT2D eigenvalue weighted by Crippen LogP contribution is -2.23. The third-order valence-electron chi connectivity index (χ3n) is 3.11. The summed E-state index contributed by atoms with van der Waals surface area (Å²) in [5.41, 5.74) is 1.37. The van der Waals surface area contributed by atoms with Crippen LogP contribution < -0.4 is 5.32 Å². The van der Waals surface area contributed by atoms with E-state index >= 15 is 0 Å². The van der Waals surface area contributed by atoms with Crippen LogP contribution in [0.5, 0.6) is 0 Å². The zero-order chi connectivity index (χ0) is 12.3. The highest BCUT2D eigenvalue weighted by Crippen LogP contribution is 2.20. The molecular formula is C16H21N. The first-order valence-electron chi connectivity index (χ1n) is 6.39. The third kappa shape index (κ3) is 3.07. The van der Waals surface area contributed by atoms with Crippen molar-refractivity contribution in [2.45, 2.75) is 26.8 Å². The van der Waals surface area contributed by atoms with Crippen LogP contribution in [0.3, 0.4) is 0 Å². The fraction of sp³-hybridized carbons (Fsp3) is 0.375. The number of hydrogen-bond acceptors (Lipinski definition) is 1. The molecule has 2 aromatic rings. The molecule has 0 aliphatic rings. The number of fused-ring (bicyclic) bond motifs is 1. The molecule has 1 unspecified atom stereocenters. The van der Waals surface area contributed by atoms with Crippen LogP contribution in [0.25, 0.3) is 10.8 Å². The van der Waals surface area contributed by atoms with Crippen LogP contribution in [0.1, 0.15) is 32.4 Å². The van der Waals surface area contributed by atoms with Crippen LogP contribution in [0.2, 0.25) is 0 Å². The fourth-order valence-electron chi connectivity index (χ4n) is 2.01. The topological polar surface area (TPSA) is 12.0 Å². The van der Waals surface area contributed by atoms with Crippen molar-refractivity contribution in [1.82, 2.24) is 5.32 Å². The Hall–Kier alpha value is -1.34. The minimum Gasteiger partial charge on any atom is -0.310 e. The van der Waals surface area contributed by atoms with Crippen molar-refractivity contribution in [2.24, 2.45) is 5.92 Å². The largest absolute Gasteiger partial charge is 0.310 e. The average molecular weight is 227 g/mol. The summed E-state index contributed by atoms with van der Waals surface area (Å²) in [6, 6.07) is 15.6. The minimum atomic E-state index is 0.419. The van der Waals surface area contributed by atoms with Crippen molar-refractivity contribution >= 4 is 10.8 Å². The molecule has 1 atom stereocenters. The second kappa shape index (κ2) is 5.33. The summed E-state index contributed by atoms with van der Waals surface area (Å²) < 4.78 is 0. The maximum atomic E-state index is 3.56. The summed E-state index contributed by atoms with van der Waals surface area (Å²) in [5.74, 6) is 0.693. The summed E-state index contributed by atoms with van der Waals surface area (Å²) >= 11 is 0. The molecule has 0 spiro atoms. The molecule has 2 aromatic carbocycles. The van der Waals surface area contributed by atoms with Crippen LogP contribution in [0, 0.1) is 5.92 Å². The van der Waals surface area contributed by atoms with E-state index in [4.69, 9.17) is 0 Å². The quantitative estimate of drug-likeness (QED) is 0.827. The SMILES string of the molecule is CC(C)CNC(C)c1ccc2ccccc2c1. The minimum absolute atomic E-state index is 0.419. The average Bonchev–Trinajstić information content (AvgIpc) is 2.35. The third-order valence-corrected chi connectivity index (χ3v) is 3.11. The van der Waals surface area contributed by atoms with E-state index in [-0.39, 0.29) is 0 Å². The van der Waals surface area contributed by atoms with E-state index < -0.39 is 0 Å². The zero-order valence-corrected chi connectivity index (χ0v) is 10.9. The number of nitrogens with one attached hydrogen (secondary N) is 1. The summed E-state index contributed by atoms with van der Waals surface area (Å²) in [4.78, 5) is 0. The number of rotatable bonds is 4. The Bertz CT molecular complexity index is 488. The van der Waals surface area contributed by atoms with Gasteiger partial charge in [-0.15, -0.1) is 0 Å². The smallest absolute Gasteiger partial charge is 0.0292 e. The lowest BCUT2D eigenvalue weighted by atomic mass is 10.0. The monoisotopic (exact) mass is 227 g/mol. The summed E-state index contributed by atoms with van der Waals surface area (Å²) in [7, 11) is 0. The Morgan fingerprint density at radius 2 is 1.65 bits per heavy atom. The first-order chi connectivity index (χ1) is 8.16. The van der Waals surface area contributed by atoms with Gasteiger partial charge in [0.25, 0.3) is 0 Å². The standard InChI is InChI=1S/C16H21N/c1-12(2)11-17-13(3)15-9-8-14-6-4-5-7-16(14)10-15/h4-10,12-13,17H,11H2,1-3H3. The summed E-state index contributed by atoms with van der Waals surface area (Å²) in [6.07, 6.45) is 0. The molecule has 1 nitrogen and oxygen atoms in total. The maximum absolute atomic E-state index is 3.56. The van der Waals surface area contributed by atoms with E-state index in [1.165, 1.54) is 16.3 Å². The van der Waals surface area contributed by atoms with E-state index in [1.807, 2.05) is 0 Å². The van der Waals surface area contributed by atoms with Gasteiger partial charge in [0, 0.05) is 6.04 Å². The van der Waals surface area contributed by atoms with Gasteiger partial charge in [0.05, 0.1) is 0 Å². The summed E-state index contributed by atoms with van der Waals surface area (Å²) in [6.45, 7) is 7.76. The number of benzene rings is 2. The van der Waals surface area contributed by atoms with E-state index in [9.17, 15) is 0 Å². The fourth-order valence-corrected chi connectivity index (χ4v) is 2.01. The van der Waals surface area contributed by atoms with E-state index in [2.05, 4.69) is 68.6 Å². The van der Waals surface area contributed by atoms with Gasteiger partial charge in [-0.2, -0.15) is 0 Å². The maximum Gasteiger partial charge on any atom is 0.0292 e. The van der Waals surface area contributed by atoms with Gasteiger partial charge in [0.15, 0.2) is 0 Å². The van der Waals surface area contributed by atoms with E-state index in [0.717, 1.165) is 6.54 Å². The Kier molecular flexibility index (Phi) is 3.80. The molecule has 0 fully saturated rings. The highest BCUT2D eigenvalue weighted by Gasteiger charge is 2.05. The molecule has 2 rings (SSSR count). The predicted octanol–water partition coefficient (Wildman–Crippen LogP) is 4.15. The molecule has 90 valence electrons. The van der Waals surface area contributed by atoms with Crippen LogP contribution in [0.4, 0.5) is 0 Å². The highest BCUT2D eigenvalue weighted by molar-refractivity contribution is 5.83. The molecule has 0 radical (unpaired) electrons. The van der Waals surface area contributed by atoms with Crippen LogP contribution in [-0.4, -0.2) is 6.54 Å². The van der Waals surface area contributed by atoms with Crippen molar-refractivity contribution in [3.05, 3.63) is 48.0 Å². The predicted molar refractivity (Wildman–Crippen MR) is 75.2 cm³/mol. The Morgan fingerprint density at radius 1 is 0.941 bits per heavy atom. The van der Waals surface area contributed by atoms with Crippen molar-refractivity contribution in [3.63, 3.8) is 0 Å². The first kappa shape index (κ1) is 12.1. The van der Waals surface area contributed by atoms with Gasteiger partial charge in [0.2, 0.25) is 0 Å². The molecule has 0 aliphatic carbocycles. The molecule has 0 bridgehead atoms. The Morgan fingerprint density at radius 3 is 2.35 bits per heavy atom. The van der Waals surface area contributed by atoms with Gasteiger partial charge in [0.1, 0.15) is 0 Å². The molecule has 0 amide bonds. The first-order valence-corrected chi connectivity index (χ1v) is 6.39.